The number of methoxy groups -OCH3 is 2. The largest absolute Gasteiger partial charge is 0.495 e. The number of halogens is 3. The van der Waals surface area contributed by atoms with Gasteiger partial charge in [0.15, 0.2) is 11.6 Å². The molecule has 5 aromatic heterocycles. The second-order valence-electron chi connectivity index (χ2n) is 22.1. The lowest BCUT2D eigenvalue weighted by molar-refractivity contribution is 0.0827. The second-order valence-corrected chi connectivity index (χ2v) is 22.5. The monoisotopic (exact) mass is 1150 g/mol. The Labute approximate surface area is 485 Å². The number of hydrogen-bond donors (Lipinski definition) is 4. The van der Waals surface area contributed by atoms with Crippen molar-refractivity contribution < 1.29 is 27.8 Å². The first kappa shape index (κ1) is 57.0. The van der Waals surface area contributed by atoms with Crippen molar-refractivity contribution in [2.75, 3.05) is 103 Å². The predicted molar refractivity (Wildman–Crippen MR) is 320 cm³/mol. The number of likely N-dealkylation sites (N-methyl/N-ethyl adjacent to an activating group) is 2. The highest BCUT2D eigenvalue weighted by Gasteiger charge is 2.32. The first-order valence-electron chi connectivity index (χ1n) is 28.4. The first-order chi connectivity index (χ1) is 40.2. The number of hydrogen-bond acceptors (Lipinski definition) is 15. The van der Waals surface area contributed by atoms with Crippen molar-refractivity contribution in [3.63, 3.8) is 0 Å². The Bertz CT molecular complexity index is 3620. The summed E-state index contributed by atoms with van der Waals surface area (Å²) in [6.45, 7) is 9.09. The van der Waals surface area contributed by atoms with E-state index in [9.17, 15) is 18.4 Å². The van der Waals surface area contributed by atoms with Crippen LogP contribution in [0.2, 0.25) is 5.15 Å². The molecule has 7 heterocycles. The standard InChI is InChI=1S/C31H35F2N7O2.C30H35ClN8O2/c1-38-12-14-39(15-13-38)20-7-9-21(10-8-20)40-17-23(27-29(34)35-18-36-30(27)40)19-6-11-25(26(16-19)42-2)37-31(41)22-4-3-5-24(32)28(22)33;1-37-11-13-38(14-12-37)21-5-7-22(8-6-21)39-17-23(27-28(32)34-18-35-29(27)39)19-3-9-24(25(15-19)41-2)36-30(40)20-4-10-26(31)33-16-20/h3-6,11,16-18,20-21H,7-10,12-15H2,1-2H3,(H,37,41)(H2,34,35,36);3-4,9-10,15-18,21-22H,5-8,11-14H2,1-2H3,(H,36,40)(H2,32,34,35). The van der Waals surface area contributed by atoms with Crippen LogP contribution in [0.3, 0.4) is 0 Å². The van der Waals surface area contributed by atoms with Crippen molar-refractivity contribution in [1.29, 1.82) is 0 Å². The highest BCUT2D eigenvalue weighted by atomic mass is 35.5. The maximum absolute atomic E-state index is 14.2. The molecule has 0 unspecified atom stereocenters. The molecule has 8 aromatic rings. The molecule has 4 aliphatic rings. The van der Waals surface area contributed by atoms with Crippen LogP contribution in [0.1, 0.15) is 84.2 Å². The number of piperazine rings is 2. The highest BCUT2D eigenvalue weighted by molar-refractivity contribution is 6.29. The summed E-state index contributed by atoms with van der Waals surface area (Å²) in [5.41, 5.74) is 18.9. The van der Waals surface area contributed by atoms with Crippen molar-refractivity contribution >= 4 is 68.5 Å². The first-order valence-corrected chi connectivity index (χ1v) is 28.7. The quantitative estimate of drug-likeness (QED) is 0.0838. The topological polar surface area (TPSA) is 216 Å². The number of nitrogens with two attached hydrogens (primary N) is 2. The average Bonchev–Trinajstić information content (AvgIpc) is 4.21. The van der Waals surface area contributed by atoms with E-state index in [1.807, 2.05) is 24.3 Å². The Morgan fingerprint density at radius 1 is 0.578 bits per heavy atom. The molecule has 83 heavy (non-hydrogen) atoms. The van der Waals surface area contributed by atoms with E-state index < -0.39 is 23.1 Å². The number of pyridine rings is 1. The van der Waals surface area contributed by atoms with E-state index in [1.165, 1.54) is 44.6 Å². The molecule has 19 nitrogen and oxygen atoms in total. The van der Waals surface area contributed by atoms with Crippen LogP contribution in [0, 0.1) is 11.6 Å². The molecule has 0 atom stereocenters. The molecule has 2 aliphatic carbocycles. The van der Waals surface area contributed by atoms with Gasteiger partial charge in [-0.05, 0) is 125 Å². The van der Waals surface area contributed by atoms with Crippen molar-refractivity contribution in [2.24, 2.45) is 0 Å². The van der Waals surface area contributed by atoms with Gasteiger partial charge in [0, 0.05) is 106 Å². The maximum atomic E-state index is 14.2. The van der Waals surface area contributed by atoms with E-state index in [1.54, 1.807) is 37.7 Å². The summed E-state index contributed by atoms with van der Waals surface area (Å²) in [4.78, 5) is 57.5. The molecule has 2 saturated carbocycles. The van der Waals surface area contributed by atoms with Crippen molar-refractivity contribution in [3.8, 4) is 33.8 Å². The normalized spacial score (nSPS) is 20.2. The number of rotatable bonds is 12. The van der Waals surface area contributed by atoms with Gasteiger partial charge in [-0.25, -0.2) is 33.7 Å². The molecule has 3 aromatic carbocycles. The third-order valence-electron chi connectivity index (χ3n) is 17.2. The number of nitrogens with zero attached hydrogens (tertiary/aromatic N) is 11. The lowest BCUT2D eigenvalue weighted by Gasteiger charge is -2.41. The summed E-state index contributed by atoms with van der Waals surface area (Å²) >= 11 is 5.86. The number of carbonyl (C=O) groups is 2. The molecule has 0 spiro atoms. The smallest absolute Gasteiger partial charge is 0.258 e. The fourth-order valence-corrected chi connectivity index (χ4v) is 12.6. The Kier molecular flexibility index (Phi) is 17.1. The zero-order valence-corrected chi connectivity index (χ0v) is 48.0. The molecule has 2 saturated heterocycles. The maximum Gasteiger partial charge on any atom is 0.258 e. The minimum absolute atomic E-state index is 0.292. The van der Waals surface area contributed by atoms with Gasteiger partial charge in [0.1, 0.15) is 52.2 Å². The zero-order chi connectivity index (χ0) is 57.9. The van der Waals surface area contributed by atoms with Gasteiger partial charge in [0.2, 0.25) is 0 Å². The number of carbonyl (C=O) groups excluding carboxylic acids is 2. The molecule has 434 valence electrons. The Morgan fingerprint density at radius 3 is 1.48 bits per heavy atom. The van der Waals surface area contributed by atoms with Crippen molar-refractivity contribution in [3.05, 3.63) is 126 Å². The van der Waals surface area contributed by atoms with Crippen LogP contribution in [-0.4, -0.2) is 158 Å². The fraction of sp³-hybridized carbons (Fsp3) is 0.393. The molecule has 4 fully saturated rings. The molecular formula is C61H70ClF2N15O4. The Morgan fingerprint density at radius 2 is 1.04 bits per heavy atom. The number of amides is 2. The zero-order valence-electron chi connectivity index (χ0n) is 47.2. The van der Waals surface area contributed by atoms with Crippen LogP contribution in [-0.2, 0) is 0 Å². The summed E-state index contributed by atoms with van der Waals surface area (Å²) in [5.74, 6) is -1.65. The van der Waals surface area contributed by atoms with E-state index in [2.05, 4.69) is 90.8 Å². The summed E-state index contributed by atoms with van der Waals surface area (Å²) in [5, 5.41) is 7.46. The molecule has 0 radical (unpaired) electrons. The average molecular weight is 1150 g/mol. The molecule has 6 N–H and O–H groups in total. The van der Waals surface area contributed by atoms with Gasteiger partial charge < -0.3 is 50.5 Å². The number of benzene rings is 3. The van der Waals surface area contributed by atoms with E-state index >= 15 is 0 Å². The van der Waals surface area contributed by atoms with Gasteiger partial charge in [-0.3, -0.25) is 19.4 Å². The third kappa shape index (κ3) is 12.2. The van der Waals surface area contributed by atoms with Gasteiger partial charge in [0.05, 0.1) is 47.5 Å². The second kappa shape index (κ2) is 25.0. The van der Waals surface area contributed by atoms with Gasteiger partial charge >= 0.3 is 0 Å². The third-order valence-corrected chi connectivity index (χ3v) is 17.4. The van der Waals surface area contributed by atoms with Crippen LogP contribution in [0.25, 0.3) is 44.3 Å². The fourth-order valence-electron chi connectivity index (χ4n) is 12.5. The van der Waals surface area contributed by atoms with Crippen LogP contribution in [0.5, 0.6) is 11.5 Å². The van der Waals surface area contributed by atoms with Crippen molar-refractivity contribution in [2.45, 2.75) is 75.5 Å². The molecule has 2 aliphatic heterocycles. The van der Waals surface area contributed by atoms with Gasteiger partial charge in [-0.1, -0.05) is 29.8 Å². The van der Waals surface area contributed by atoms with Gasteiger partial charge in [0.25, 0.3) is 11.8 Å². The van der Waals surface area contributed by atoms with Gasteiger partial charge in [-0.2, -0.15) is 0 Å². The minimum Gasteiger partial charge on any atom is -0.495 e. The van der Waals surface area contributed by atoms with E-state index in [4.69, 9.17) is 32.5 Å². The summed E-state index contributed by atoms with van der Waals surface area (Å²) in [6.07, 6.45) is 17.6. The summed E-state index contributed by atoms with van der Waals surface area (Å²) in [7, 11) is 7.45. The predicted octanol–water partition coefficient (Wildman–Crippen LogP) is 9.67. The van der Waals surface area contributed by atoms with Gasteiger partial charge in [-0.15, -0.1) is 0 Å². The van der Waals surface area contributed by atoms with E-state index in [-0.39, 0.29) is 5.91 Å². The van der Waals surface area contributed by atoms with Crippen LogP contribution in [0.4, 0.5) is 31.8 Å². The molecular weight excluding hydrogens is 1080 g/mol. The minimum atomic E-state index is -1.20. The highest BCUT2D eigenvalue weighted by Crippen LogP contribution is 2.43. The number of nitrogen functional groups attached to an aromatic ring is 2. The number of nitrogens with one attached hydrogen (secondary N) is 2. The molecule has 22 heteroatoms. The summed E-state index contributed by atoms with van der Waals surface area (Å²) in [6, 6.07) is 19.6. The Hall–Kier alpha value is -7.82. The number of aromatic nitrogens is 7. The Balaban J connectivity index is 0.000000174. The number of fused-ring (bicyclic) bond motifs is 2. The lowest BCUT2D eigenvalue weighted by Crippen LogP contribution is -2.49. The summed E-state index contributed by atoms with van der Waals surface area (Å²) < 4.78 is 43.7. The number of ether oxygens (including phenoxy) is 2. The number of anilines is 4. The molecule has 12 rings (SSSR count). The molecule has 0 bridgehead atoms. The SMILES string of the molecule is COc1cc(-c2cn(C3CCC(N4CCN(C)CC4)CC3)c3ncnc(N)c23)ccc1NC(=O)c1ccc(Cl)nc1.COc1cc(-c2cn(C3CCC(N4CCN(C)CC4)CC3)c3ncnc(N)c23)ccc1NC(=O)c1cccc(F)c1F. The lowest BCUT2D eigenvalue weighted by atomic mass is 9.89. The van der Waals surface area contributed by atoms with Crippen molar-refractivity contribution in [1.82, 2.24) is 53.7 Å². The van der Waals surface area contributed by atoms with Crippen LogP contribution < -0.4 is 31.6 Å². The van der Waals surface area contributed by atoms with Crippen LogP contribution in [0.15, 0.2) is 98.0 Å². The van der Waals surface area contributed by atoms with E-state index in [0.29, 0.717) is 69.4 Å². The van der Waals surface area contributed by atoms with Crippen LogP contribution >= 0.6 is 11.6 Å². The molecule has 2 amide bonds. The van der Waals surface area contributed by atoms with E-state index in [0.717, 1.165) is 141 Å².